The van der Waals surface area contributed by atoms with Crippen LogP contribution in [0.3, 0.4) is 0 Å². The second-order valence-corrected chi connectivity index (χ2v) is 7.18. The molecule has 118 valence electrons. The predicted octanol–water partition coefficient (Wildman–Crippen LogP) is 3.08. The molecule has 5 heteroatoms. The molecule has 3 aromatic rings. The van der Waals surface area contributed by atoms with E-state index in [1.165, 1.54) is 27.7 Å². The minimum absolute atomic E-state index is 0.468. The van der Waals surface area contributed by atoms with Gasteiger partial charge in [0.05, 0.1) is 5.54 Å². The highest BCUT2D eigenvalue weighted by Crippen LogP contribution is 2.42. The van der Waals surface area contributed by atoms with E-state index in [4.69, 9.17) is 10.2 Å². The first-order chi connectivity index (χ1) is 11.1. The normalized spacial score (nSPS) is 24.1. The molecular weight excluding hydrogens is 288 g/mol. The topological polar surface area (TPSA) is 80.7 Å². The number of aromatic amines is 1. The molecule has 2 aromatic heterocycles. The summed E-state index contributed by atoms with van der Waals surface area (Å²) in [5.41, 5.74) is 11.2. The van der Waals surface area contributed by atoms with Gasteiger partial charge in [-0.2, -0.15) is 0 Å². The first-order valence-electron chi connectivity index (χ1n) is 8.35. The third-order valence-electron chi connectivity index (χ3n) is 5.26. The molecule has 0 aliphatic heterocycles. The highest BCUT2D eigenvalue weighted by atomic mass is 16.4. The number of hydrogen-bond donors (Lipinski definition) is 2. The summed E-state index contributed by atoms with van der Waals surface area (Å²) < 4.78 is 5.92. The van der Waals surface area contributed by atoms with Gasteiger partial charge in [-0.15, -0.1) is 10.2 Å². The van der Waals surface area contributed by atoms with Crippen LogP contribution in [-0.2, 0) is 18.4 Å². The van der Waals surface area contributed by atoms with Gasteiger partial charge >= 0.3 is 0 Å². The lowest BCUT2D eigenvalue weighted by atomic mass is 9.80. The van der Waals surface area contributed by atoms with Gasteiger partial charge in [-0.25, -0.2) is 0 Å². The van der Waals surface area contributed by atoms with E-state index in [0.29, 0.717) is 11.8 Å². The van der Waals surface area contributed by atoms with E-state index >= 15 is 0 Å². The number of hydrogen-bond acceptors (Lipinski definition) is 4. The fourth-order valence-corrected chi connectivity index (χ4v) is 3.71. The van der Waals surface area contributed by atoms with Crippen LogP contribution in [0.15, 0.2) is 22.6 Å². The summed E-state index contributed by atoms with van der Waals surface area (Å²) in [6.07, 6.45) is 4.81. The molecule has 1 aromatic carbocycles. The summed E-state index contributed by atoms with van der Waals surface area (Å²) in [5.74, 6) is 1.84. The van der Waals surface area contributed by atoms with Crippen LogP contribution in [0, 0.1) is 6.92 Å². The predicted molar refractivity (Wildman–Crippen MR) is 87.2 cm³/mol. The Bertz CT molecular complexity index is 905. The highest BCUT2D eigenvalue weighted by Gasteiger charge is 2.40. The molecule has 0 spiro atoms. The van der Waals surface area contributed by atoms with Crippen LogP contribution >= 0.6 is 0 Å². The first-order valence-corrected chi connectivity index (χ1v) is 8.35. The van der Waals surface area contributed by atoms with Gasteiger partial charge in [0.25, 0.3) is 0 Å². The largest absolute Gasteiger partial charge is 0.423 e. The number of benzene rings is 1. The first kappa shape index (κ1) is 13.3. The Morgan fingerprint density at radius 2 is 2.17 bits per heavy atom. The molecule has 23 heavy (non-hydrogen) atoms. The molecule has 1 atom stereocenters. The van der Waals surface area contributed by atoms with Crippen molar-refractivity contribution in [2.75, 3.05) is 0 Å². The summed E-state index contributed by atoms with van der Waals surface area (Å²) in [7, 11) is 0. The molecule has 0 radical (unpaired) electrons. The van der Waals surface area contributed by atoms with Gasteiger partial charge < -0.3 is 15.1 Å². The van der Waals surface area contributed by atoms with Crippen molar-refractivity contribution >= 4 is 10.9 Å². The SMILES string of the molecule is Cc1ccc2c3c([nH]c2c1)CCC(N)(c1nnc(C2CC2)o1)C3. The molecule has 0 saturated heterocycles. The fourth-order valence-electron chi connectivity index (χ4n) is 3.71. The molecular formula is C18H20N4O. The molecule has 0 amide bonds. The van der Waals surface area contributed by atoms with Crippen molar-refractivity contribution < 1.29 is 4.42 Å². The fraction of sp³-hybridized carbons (Fsp3) is 0.444. The minimum Gasteiger partial charge on any atom is -0.423 e. The summed E-state index contributed by atoms with van der Waals surface area (Å²) in [6.45, 7) is 2.12. The van der Waals surface area contributed by atoms with Crippen molar-refractivity contribution in [3.8, 4) is 0 Å². The maximum Gasteiger partial charge on any atom is 0.236 e. The molecule has 2 aliphatic carbocycles. The summed E-state index contributed by atoms with van der Waals surface area (Å²) in [4.78, 5) is 3.56. The lowest BCUT2D eigenvalue weighted by Crippen LogP contribution is -2.42. The maximum absolute atomic E-state index is 6.70. The van der Waals surface area contributed by atoms with Crippen LogP contribution < -0.4 is 5.73 Å². The Labute approximate surface area is 134 Å². The van der Waals surface area contributed by atoms with Crippen molar-refractivity contribution in [2.45, 2.75) is 50.5 Å². The van der Waals surface area contributed by atoms with Crippen LogP contribution in [0.2, 0.25) is 0 Å². The lowest BCUT2D eigenvalue weighted by molar-refractivity contribution is 0.286. The number of aryl methyl sites for hydroxylation is 2. The zero-order chi connectivity index (χ0) is 15.6. The average molecular weight is 308 g/mol. The second-order valence-electron chi connectivity index (χ2n) is 7.18. The highest BCUT2D eigenvalue weighted by molar-refractivity contribution is 5.85. The zero-order valence-corrected chi connectivity index (χ0v) is 13.2. The molecule has 3 N–H and O–H groups in total. The Balaban J connectivity index is 1.56. The Kier molecular flexibility index (Phi) is 2.57. The second kappa shape index (κ2) is 4.45. The van der Waals surface area contributed by atoms with Crippen molar-refractivity contribution in [1.82, 2.24) is 15.2 Å². The van der Waals surface area contributed by atoms with E-state index < -0.39 is 5.54 Å². The third kappa shape index (κ3) is 2.03. The maximum atomic E-state index is 6.70. The Hall–Kier alpha value is -2.14. The number of fused-ring (bicyclic) bond motifs is 3. The van der Waals surface area contributed by atoms with E-state index in [1.54, 1.807) is 0 Å². The quantitative estimate of drug-likeness (QED) is 0.762. The van der Waals surface area contributed by atoms with E-state index in [1.807, 2.05) is 0 Å². The van der Waals surface area contributed by atoms with Crippen molar-refractivity contribution in [3.05, 3.63) is 46.8 Å². The number of aromatic nitrogens is 3. The molecule has 2 aliphatic rings. The molecule has 0 bridgehead atoms. The monoisotopic (exact) mass is 308 g/mol. The van der Waals surface area contributed by atoms with Crippen LogP contribution in [0.25, 0.3) is 10.9 Å². The van der Waals surface area contributed by atoms with E-state index in [-0.39, 0.29) is 0 Å². The van der Waals surface area contributed by atoms with Crippen LogP contribution in [-0.4, -0.2) is 15.2 Å². The molecule has 1 unspecified atom stereocenters. The molecule has 5 rings (SSSR count). The minimum atomic E-state index is -0.548. The number of rotatable bonds is 2. The number of H-pyrrole nitrogens is 1. The van der Waals surface area contributed by atoms with E-state index in [0.717, 1.165) is 38.0 Å². The number of nitrogens with two attached hydrogens (primary N) is 1. The molecule has 1 fully saturated rings. The standard InChI is InChI=1S/C18H20N4O/c1-10-2-5-12-13-9-18(19,7-6-14(13)20-15(12)8-10)17-22-21-16(23-17)11-3-4-11/h2,5,8,11,20H,3-4,6-7,9,19H2,1H3. The summed E-state index contributed by atoms with van der Waals surface area (Å²) in [6, 6.07) is 6.54. The zero-order valence-electron chi connectivity index (χ0n) is 13.2. The van der Waals surface area contributed by atoms with Gasteiger partial charge in [0.15, 0.2) is 0 Å². The van der Waals surface area contributed by atoms with Crippen LogP contribution in [0.4, 0.5) is 0 Å². The average Bonchev–Trinajstić information content (AvgIpc) is 3.15. The summed E-state index contributed by atoms with van der Waals surface area (Å²) >= 11 is 0. The van der Waals surface area contributed by atoms with Gasteiger partial charge in [-0.3, -0.25) is 0 Å². The Morgan fingerprint density at radius 3 is 3.00 bits per heavy atom. The van der Waals surface area contributed by atoms with Gasteiger partial charge in [0.2, 0.25) is 11.8 Å². The van der Waals surface area contributed by atoms with Crippen molar-refractivity contribution in [1.29, 1.82) is 0 Å². The van der Waals surface area contributed by atoms with Gasteiger partial charge in [0.1, 0.15) is 0 Å². The number of nitrogens with one attached hydrogen (secondary N) is 1. The third-order valence-corrected chi connectivity index (χ3v) is 5.26. The van der Waals surface area contributed by atoms with Gasteiger partial charge in [0, 0.05) is 28.9 Å². The van der Waals surface area contributed by atoms with E-state index in [2.05, 4.69) is 40.3 Å². The van der Waals surface area contributed by atoms with Crippen LogP contribution in [0.1, 0.15) is 53.8 Å². The lowest BCUT2D eigenvalue weighted by Gasteiger charge is -2.30. The summed E-state index contributed by atoms with van der Waals surface area (Å²) in [5, 5.41) is 9.75. The van der Waals surface area contributed by atoms with Gasteiger partial charge in [-0.05, 0) is 49.8 Å². The van der Waals surface area contributed by atoms with Crippen LogP contribution in [0.5, 0.6) is 0 Å². The molecule has 2 heterocycles. The smallest absolute Gasteiger partial charge is 0.236 e. The van der Waals surface area contributed by atoms with Crippen molar-refractivity contribution in [2.24, 2.45) is 5.73 Å². The molecule has 5 nitrogen and oxygen atoms in total. The molecule has 1 saturated carbocycles. The van der Waals surface area contributed by atoms with Gasteiger partial charge in [-0.1, -0.05) is 12.1 Å². The van der Waals surface area contributed by atoms with Crippen molar-refractivity contribution in [3.63, 3.8) is 0 Å². The number of nitrogens with zero attached hydrogens (tertiary/aromatic N) is 2. The van der Waals surface area contributed by atoms with E-state index in [9.17, 15) is 0 Å². The Morgan fingerprint density at radius 1 is 1.30 bits per heavy atom.